The third-order valence-corrected chi connectivity index (χ3v) is 3.88. The summed E-state index contributed by atoms with van der Waals surface area (Å²) in [6.07, 6.45) is 3.19. The zero-order valence-electron chi connectivity index (χ0n) is 10.8. The van der Waals surface area contributed by atoms with Crippen molar-refractivity contribution in [2.24, 2.45) is 0 Å². The first-order chi connectivity index (χ1) is 9.47. The number of halogens is 1. The van der Waals surface area contributed by atoms with Crippen molar-refractivity contribution in [1.29, 1.82) is 0 Å². The van der Waals surface area contributed by atoms with Crippen LogP contribution in [-0.2, 0) is 0 Å². The number of nitro groups is 1. The first-order valence-electron chi connectivity index (χ1n) is 6.35. The molecule has 20 heavy (non-hydrogen) atoms. The minimum atomic E-state index is -0.662. The van der Waals surface area contributed by atoms with Crippen LogP contribution in [0.5, 0.6) is 0 Å². The van der Waals surface area contributed by atoms with Crippen LogP contribution in [0.4, 0.5) is 5.69 Å². The number of nitro benzene ring substituents is 1. The molecule has 1 amide bonds. The normalized spacial score (nSPS) is 16.9. The lowest BCUT2D eigenvalue weighted by atomic mass is 9.98. The van der Waals surface area contributed by atoms with Crippen LogP contribution in [0.3, 0.4) is 0 Å². The second-order valence-corrected chi connectivity index (χ2v) is 5.45. The SMILES string of the molecule is O=C(NC1(CO)CCCC1)c1ccc(Cl)cc1[N+](=O)[O-]. The predicted octanol–water partition coefficient (Wildman–Crippen LogP) is 2.28. The Morgan fingerprint density at radius 3 is 2.65 bits per heavy atom. The van der Waals surface area contributed by atoms with Crippen molar-refractivity contribution in [3.63, 3.8) is 0 Å². The fourth-order valence-corrected chi connectivity index (χ4v) is 2.70. The van der Waals surface area contributed by atoms with Crippen LogP contribution in [-0.4, -0.2) is 28.1 Å². The molecular weight excluding hydrogens is 284 g/mol. The van der Waals surface area contributed by atoms with Crippen LogP contribution < -0.4 is 5.32 Å². The zero-order valence-corrected chi connectivity index (χ0v) is 11.5. The van der Waals surface area contributed by atoms with Gasteiger partial charge in [-0.3, -0.25) is 14.9 Å². The third kappa shape index (κ3) is 2.91. The number of aliphatic hydroxyl groups is 1. The van der Waals surface area contributed by atoms with Gasteiger partial charge in [-0.05, 0) is 25.0 Å². The van der Waals surface area contributed by atoms with E-state index < -0.39 is 16.4 Å². The lowest BCUT2D eigenvalue weighted by molar-refractivity contribution is -0.385. The fraction of sp³-hybridized carbons (Fsp3) is 0.462. The molecule has 108 valence electrons. The van der Waals surface area contributed by atoms with Crippen molar-refractivity contribution in [1.82, 2.24) is 5.32 Å². The maximum Gasteiger partial charge on any atom is 0.283 e. The number of carbonyl (C=O) groups excluding carboxylic acids is 1. The van der Waals surface area contributed by atoms with Gasteiger partial charge in [-0.15, -0.1) is 0 Å². The molecule has 0 bridgehead atoms. The largest absolute Gasteiger partial charge is 0.394 e. The molecule has 1 aliphatic carbocycles. The van der Waals surface area contributed by atoms with Gasteiger partial charge in [0.1, 0.15) is 5.56 Å². The topological polar surface area (TPSA) is 92.5 Å². The molecule has 0 spiro atoms. The quantitative estimate of drug-likeness (QED) is 0.659. The van der Waals surface area contributed by atoms with Gasteiger partial charge in [0.05, 0.1) is 17.1 Å². The van der Waals surface area contributed by atoms with Gasteiger partial charge in [-0.1, -0.05) is 24.4 Å². The smallest absolute Gasteiger partial charge is 0.283 e. The number of hydrogen-bond donors (Lipinski definition) is 2. The predicted molar refractivity (Wildman–Crippen MR) is 73.9 cm³/mol. The summed E-state index contributed by atoms with van der Waals surface area (Å²) in [7, 11) is 0. The van der Waals surface area contributed by atoms with Crippen LogP contribution in [0.25, 0.3) is 0 Å². The average Bonchev–Trinajstić information content (AvgIpc) is 2.87. The molecule has 6 nitrogen and oxygen atoms in total. The van der Waals surface area contributed by atoms with E-state index in [2.05, 4.69) is 5.32 Å². The number of amides is 1. The Bertz CT molecular complexity index is 541. The summed E-state index contributed by atoms with van der Waals surface area (Å²) in [5, 5.41) is 23.4. The molecule has 1 aliphatic rings. The molecule has 1 saturated carbocycles. The summed E-state index contributed by atoms with van der Waals surface area (Å²) in [6, 6.07) is 3.91. The fourth-order valence-electron chi connectivity index (χ4n) is 2.53. The summed E-state index contributed by atoms with van der Waals surface area (Å²) in [6.45, 7) is -0.167. The number of benzene rings is 1. The highest BCUT2D eigenvalue weighted by Crippen LogP contribution is 2.30. The molecule has 0 atom stereocenters. The van der Waals surface area contributed by atoms with Crippen molar-refractivity contribution in [3.05, 3.63) is 38.9 Å². The van der Waals surface area contributed by atoms with Crippen molar-refractivity contribution in [3.8, 4) is 0 Å². The molecule has 2 rings (SSSR count). The molecule has 0 radical (unpaired) electrons. The number of carbonyl (C=O) groups is 1. The average molecular weight is 299 g/mol. The van der Waals surface area contributed by atoms with Gasteiger partial charge in [-0.2, -0.15) is 0 Å². The van der Waals surface area contributed by atoms with Crippen LogP contribution >= 0.6 is 11.6 Å². The van der Waals surface area contributed by atoms with Crippen LogP contribution in [0.2, 0.25) is 5.02 Å². The molecule has 0 aliphatic heterocycles. The van der Waals surface area contributed by atoms with E-state index in [-0.39, 0.29) is 22.9 Å². The second kappa shape index (κ2) is 5.76. The van der Waals surface area contributed by atoms with Crippen LogP contribution in [0.1, 0.15) is 36.0 Å². The van der Waals surface area contributed by atoms with Gasteiger partial charge in [-0.25, -0.2) is 0 Å². The summed E-state index contributed by atoms with van der Waals surface area (Å²) < 4.78 is 0. The molecule has 1 fully saturated rings. The molecule has 1 aromatic rings. The Morgan fingerprint density at radius 2 is 2.10 bits per heavy atom. The van der Waals surface area contributed by atoms with E-state index in [0.717, 1.165) is 18.9 Å². The zero-order chi connectivity index (χ0) is 14.8. The number of hydrogen-bond acceptors (Lipinski definition) is 4. The molecule has 2 N–H and O–H groups in total. The van der Waals surface area contributed by atoms with Crippen LogP contribution in [0.15, 0.2) is 18.2 Å². The van der Waals surface area contributed by atoms with E-state index in [1.54, 1.807) is 0 Å². The van der Waals surface area contributed by atoms with Gasteiger partial charge in [0.2, 0.25) is 0 Å². The first-order valence-corrected chi connectivity index (χ1v) is 6.72. The van der Waals surface area contributed by atoms with E-state index in [1.807, 2.05) is 0 Å². The maximum atomic E-state index is 12.2. The Morgan fingerprint density at radius 1 is 1.45 bits per heavy atom. The van der Waals surface area contributed by atoms with E-state index in [1.165, 1.54) is 12.1 Å². The van der Waals surface area contributed by atoms with E-state index in [9.17, 15) is 20.0 Å². The Balaban J connectivity index is 2.27. The first kappa shape index (κ1) is 14.7. The van der Waals surface area contributed by atoms with E-state index >= 15 is 0 Å². The van der Waals surface area contributed by atoms with Gasteiger partial charge < -0.3 is 10.4 Å². The lowest BCUT2D eigenvalue weighted by Crippen LogP contribution is -2.49. The van der Waals surface area contributed by atoms with Gasteiger partial charge in [0.25, 0.3) is 11.6 Å². The number of nitrogens with zero attached hydrogens (tertiary/aromatic N) is 1. The molecule has 1 aromatic carbocycles. The monoisotopic (exact) mass is 298 g/mol. The van der Waals surface area contributed by atoms with Crippen molar-refractivity contribution >= 4 is 23.2 Å². The van der Waals surface area contributed by atoms with Gasteiger partial charge >= 0.3 is 0 Å². The van der Waals surface area contributed by atoms with Crippen molar-refractivity contribution < 1.29 is 14.8 Å². The molecule has 0 unspecified atom stereocenters. The number of nitrogens with one attached hydrogen (secondary N) is 1. The summed E-state index contributed by atoms with van der Waals surface area (Å²) in [4.78, 5) is 22.6. The lowest BCUT2D eigenvalue weighted by Gasteiger charge is -2.27. The second-order valence-electron chi connectivity index (χ2n) is 5.02. The highest BCUT2D eigenvalue weighted by Gasteiger charge is 2.36. The van der Waals surface area contributed by atoms with Crippen LogP contribution in [0, 0.1) is 10.1 Å². The van der Waals surface area contributed by atoms with E-state index in [0.29, 0.717) is 12.8 Å². The molecule has 0 heterocycles. The van der Waals surface area contributed by atoms with Crippen molar-refractivity contribution in [2.75, 3.05) is 6.61 Å². The van der Waals surface area contributed by atoms with E-state index in [4.69, 9.17) is 11.6 Å². The highest BCUT2D eigenvalue weighted by molar-refractivity contribution is 6.31. The minimum Gasteiger partial charge on any atom is -0.394 e. The molecule has 0 aromatic heterocycles. The number of aliphatic hydroxyl groups excluding tert-OH is 1. The Labute approximate surface area is 120 Å². The summed E-state index contributed by atoms with van der Waals surface area (Å²) in [5.74, 6) is -0.552. The molecule has 7 heteroatoms. The summed E-state index contributed by atoms with van der Waals surface area (Å²) in [5.41, 5.74) is -1.04. The Kier molecular flexibility index (Phi) is 4.25. The van der Waals surface area contributed by atoms with Gasteiger partial charge in [0.15, 0.2) is 0 Å². The maximum absolute atomic E-state index is 12.2. The Hall–Kier alpha value is -1.66. The molecular formula is C13H15ClN2O4. The number of rotatable bonds is 4. The summed E-state index contributed by atoms with van der Waals surface area (Å²) >= 11 is 5.71. The van der Waals surface area contributed by atoms with Crippen molar-refractivity contribution in [2.45, 2.75) is 31.2 Å². The molecule has 0 saturated heterocycles. The standard InChI is InChI=1S/C13H15ClN2O4/c14-9-3-4-10(11(7-9)16(19)20)12(18)15-13(8-17)5-1-2-6-13/h3-4,7,17H,1-2,5-6,8H2,(H,15,18). The minimum absolute atomic E-state index is 0.0425. The highest BCUT2D eigenvalue weighted by atomic mass is 35.5. The third-order valence-electron chi connectivity index (χ3n) is 3.64. The van der Waals surface area contributed by atoms with Gasteiger partial charge in [0, 0.05) is 11.1 Å².